The summed E-state index contributed by atoms with van der Waals surface area (Å²) in [4.78, 5) is 38.6. The van der Waals surface area contributed by atoms with Crippen molar-refractivity contribution in [3.8, 4) is 0 Å². The van der Waals surface area contributed by atoms with E-state index in [2.05, 4.69) is 9.97 Å². The highest BCUT2D eigenvalue weighted by Gasteiger charge is 2.10. The molecule has 0 saturated carbocycles. The predicted octanol–water partition coefficient (Wildman–Crippen LogP) is 0.678. The Morgan fingerprint density at radius 1 is 1.28 bits per heavy atom. The van der Waals surface area contributed by atoms with Gasteiger partial charge < -0.3 is 4.42 Å². The average Bonchev–Trinajstić information content (AvgIpc) is 2.27. The molecule has 0 bridgehead atoms. The SMILES string of the molecule is C/C=C/CCc1cc(=O)oc2[nH]c(=O)[nH]c(=O)c12. The number of aryl methyl sites for hydroxylation is 1. The topological polar surface area (TPSA) is 95.9 Å². The molecule has 6 nitrogen and oxygen atoms in total. The third kappa shape index (κ3) is 2.32. The summed E-state index contributed by atoms with van der Waals surface area (Å²) in [6.07, 6.45) is 5.05. The summed E-state index contributed by atoms with van der Waals surface area (Å²) in [5.41, 5.74) is -1.34. The highest BCUT2D eigenvalue weighted by atomic mass is 16.4. The van der Waals surface area contributed by atoms with Crippen LogP contribution in [-0.4, -0.2) is 9.97 Å². The minimum absolute atomic E-state index is 0.0771. The summed E-state index contributed by atoms with van der Waals surface area (Å²) < 4.78 is 4.82. The second-order valence-electron chi connectivity index (χ2n) is 3.81. The van der Waals surface area contributed by atoms with Gasteiger partial charge in [0.25, 0.3) is 5.56 Å². The number of H-pyrrole nitrogens is 2. The molecule has 0 aliphatic carbocycles. The van der Waals surface area contributed by atoms with E-state index in [1.165, 1.54) is 6.07 Å². The molecule has 18 heavy (non-hydrogen) atoms. The Kier molecular flexibility index (Phi) is 3.27. The largest absolute Gasteiger partial charge is 0.405 e. The van der Waals surface area contributed by atoms with Crippen molar-refractivity contribution in [1.29, 1.82) is 0 Å². The fraction of sp³-hybridized carbons (Fsp3) is 0.250. The third-order valence-corrected chi connectivity index (χ3v) is 2.54. The highest BCUT2D eigenvalue weighted by molar-refractivity contribution is 5.75. The van der Waals surface area contributed by atoms with Gasteiger partial charge >= 0.3 is 11.3 Å². The molecular weight excluding hydrogens is 236 g/mol. The molecule has 0 aliphatic heterocycles. The summed E-state index contributed by atoms with van der Waals surface area (Å²) in [6, 6.07) is 1.28. The molecule has 0 aromatic carbocycles. The zero-order chi connectivity index (χ0) is 13.1. The van der Waals surface area contributed by atoms with Crippen LogP contribution in [0, 0.1) is 0 Å². The van der Waals surface area contributed by atoms with E-state index in [1.54, 1.807) is 0 Å². The first-order valence-corrected chi connectivity index (χ1v) is 5.52. The Morgan fingerprint density at radius 2 is 2.06 bits per heavy atom. The van der Waals surface area contributed by atoms with Crippen LogP contribution in [0.15, 0.2) is 37.0 Å². The number of aromatic amines is 2. The molecule has 6 heteroatoms. The van der Waals surface area contributed by atoms with E-state index in [0.717, 1.165) is 0 Å². The van der Waals surface area contributed by atoms with Crippen LogP contribution < -0.4 is 16.9 Å². The quantitative estimate of drug-likeness (QED) is 0.780. The summed E-state index contributed by atoms with van der Waals surface area (Å²) in [5, 5.41) is 0.221. The van der Waals surface area contributed by atoms with Gasteiger partial charge in [-0.05, 0) is 25.3 Å². The third-order valence-electron chi connectivity index (χ3n) is 2.54. The van der Waals surface area contributed by atoms with Gasteiger partial charge in [-0.3, -0.25) is 14.8 Å². The Hall–Kier alpha value is -2.37. The average molecular weight is 248 g/mol. The first kappa shape index (κ1) is 12.1. The second kappa shape index (κ2) is 4.87. The molecule has 2 aromatic rings. The van der Waals surface area contributed by atoms with E-state index in [-0.39, 0.29) is 11.1 Å². The van der Waals surface area contributed by atoms with Crippen molar-refractivity contribution in [2.45, 2.75) is 19.8 Å². The summed E-state index contributed by atoms with van der Waals surface area (Å²) in [6.45, 7) is 1.89. The lowest BCUT2D eigenvalue weighted by Gasteiger charge is -2.01. The fourth-order valence-corrected chi connectivity index (χ4v) is 1.78. The van der Waals surface area contributed by atoms with Crippen LogP contribution in [0.5, 0.6) is 0 Å². The Labute approximate surface area is 101 Å². The Balaban J connectivity index is 2.68. The number of hydrogen-bond donors (Lipinski definition) is 2. The van der Waals surface area contributed by atoms with Gasteiger partial charge in [0, 0.05) is 6.07 Å². The van der Waals surface area contributed by atoms with Gasteiger partial charge in [0.1, 0.15) is 5.39 Å². The predicted molar refractivity (Wildman–Crippen MR) is 66.9 cm³/mol. The lowest BCUT2D eigenvalue weighted by Crippen LogP contribution is -2.24. The number of aromatic nitrogens is 2. The standard InChI is InChI=1S/C12H12N2O4/c1-2-3-4-5-7-6-8(15)18-11-9(7)10(16)13-12(17)14-11/h2-3,6H,4-5H2,1H3,(H2,13,14,16,17)/b3-2+. The van der Waals surface area contributed by atoms with Gasteiger partial charge in [-0.2, -0.15) is 0 Å². The summed E-state index contributed by atoms with van der Waals surface area (Å²) in [5.74, 6) is 0. The summed E-state index contributed by atoms with van der Waals surface area (Å²) >= 11 is 0. The van der Waals surface area contributed by atoms with Gasteiger partial charge in [0.15, 0.2) is 0 Å². The Bertz CT molecular complexity index is 759. The van der Waals surface area contributed by atoms with Crippen LogP contribution in [0.25, 0.3) is 11.1 Å². The van der Waals surface area contributed by atoms with E-state index in [1.807, 2.05) is 19.1 Å². The second-order valence-corrected chi connectivity index (χ2v) is 3.81. The molecule has 0 aliphatic rings. The molecule has 0 amide bonds. The van der Waals surface area contributed by atoms with Crippen molar-refractivity contribution < 1.29 is 4.42 Å². The Morgan fingerprint density at radius 3 is 2.78 bits per heavy atom. The number of nitrogens with one attached hydrogen (secondary N) is 2. The molecule has 2 heterocycles. The van der Waals surface area contributed by atoms with Crippen molar-refractivity contribution in [3.05, 3.63) is 55.0 Å². The first-order chi connectivity index (χ1) is 8.61. The maximum atomic E-state index is 11.7. The van der Waals surface area contributed by atoms with E-state index >= 15 is 0 Å². The molecule has 0 spiro atoms. The smallest absolute Gasteiger partial charge is 0.337 e. The molecule has 2 aromatic heterocycles. The van der Waals surface area contributed by atoms with E-state index in [0.29, 0.717) is 18.4 Å². The van der Waals surface area contributed by atoms with E-state index < -0.39 is 16.9 Å². The molecule has 0 radical (unpaired) electrons. The number of fused-ring (bicyclic) bond motifs is 1. The van der Waals surface area contributed by atoms with Crippen LogP contribution in [0.4, 0.5) is 0 Å². The van der Waals surface area contributed by atoms with E-state index in [4.69, 9.17) is 4.42 Å². The van der Waals surface area contributed by atoms with Crippen LogP contribution >= 0.6 is 0 Å². The monoisotopic (exact) mass is 248 g/mol. The minimum atomic E-state index is -0.693. The molecule has 0 saturated heterocycles. The lowest BCUT2D eigenvalue weighted by atomic mass is 10.1. The zero-order valence-electron chi connectivity index (χ0n) is 9.78. The maximum Gasteiger partial charge on any atom is 0.337 e. The number of allylic oxidation sites excluding steroid dienone is 2. The lowest BCUT2D eigenvalue weighted by molar-refractivity contribution is 0.544. The normalized spacial score (nSPS) is 11.4. The van der Waals surface area contributed by atoms with Crippen LogP contribution in [0.1, 0.15) is 18.9 Å². The molecular formula is C12H12N2O4. The molecule has 2 N–H and O–H groups in total. The van der Waals surface area contributed by atoms with Gasteiger partial charge in [-0.25, -0.2) is 9.59 Å². The van der Waals surface area contributed by atoms with E-state index in [9.17, 15) is 14.4 Å². The van der Waals surface area contributed by atoms with Crippen molar-refractivity contribution >= 4 is 11.1 Å². The molecule has 0 atom stereocenters. The van der Waals surface area contributed by atoms with Gasteiger partial charge in [0.2, 0.25) is 5.71 Å². The van der Waals surface area contributed by atoms with Crippen molar-refractivity contribution in [3.63, 3.8) is 0 Å². The molecule has 94 valence electrons. The van der Waals surface area contributed by atoms with Crippen LogP contribution in [-0.2, 0) is 6.42 Å². The van der Waals surface area contributed by atoms with Gasteiger partial charge in [-0.1, -0.05) is 12.2 Å². The molecule has 0 unspecified atom stereocenters. The molecule has 2 rings (SSSR count). The maximum absolute atomic E-state index is 11.7. The van der Waals surface area contributed by atoms with Gasteiger partial charge in [-0.15, -0.1) is 0 Å². The highest BCUT2D eigenvalue weighted by Crippen LogP contribution is 2.11. The van der Waals surface area contributed by atoms with Gasteiger partial charge in [0.05, 0.1) is 0 Å². The summed E-state index contributed by atoms with van der Waals surface area (Å²) in [7, 11) is 0. The molecule has 0 fully saturated rings. The van der Waals surface area contributed by atoms with Crippen LogP contribution in [0.3, 0.4) is 0 Å². The minimum Gasteiger partial charge on any atom is -0.405 e. The first-order valence-electron chi connectivity index (χ1n) is 5.52. The van der Waals surface area contributed by atoms with Crippen molar-refractivity contribution in [1.82, 2.24) is 9.97 Å². The zero-order valence-corrected chi connectivity index (χ0v) is 9.78. The van der Waals surface area contributed by atoms with Crippen LogP contribution in [0.2, 0.25) is 0 Å². The number of hydrogen-bond acceptors (Lipinski definition) is 4. The van der Waals surface area contributed by atoms with Crippen molar-refractivity contribution in [2.24, 2.45) is 0 Å². The number of rotatable bonds is 3. The van der Waals surface area contributed by atoms with Crippen molar-refractivity contribution in [2.75, 3.05) is 0 Å². The fourth-order valence-electron chi connectivity index (χ4n) is 1.78.